The fourth-order valence-corrected chi connectivity index (χ4v) is 2.27. The van der Waals surface area contributed by atoms with E-state index < -0.39 is 0 Å². The van der Waals surface area contributed by atoms with Crippen LogP contribution in [0, 0.1) is 12.3 Å². The average molecular weight is 274 g/mol. The molecule has 4 heteroatoms. The van der Waals surface area contributed by atoms with Gasteiger partial charge in [-0.1, -0.05) is 37.6 Å². The number of nitrogens with two attached hydrogens (primary N) is 1. The molecule has 20 heavy (non-hydrogen) atoms. The Labute approximate surface area is 119 Å². The molecule has 108 valence electrons. The molecule has 1 aromatic carbocycles. The van der Waals surface area contributed by atoms with Gasteiger partial charge in [-0.15, -0.1) is 0 Å². The number of nitrogen functional groups attached to an aromatic ring is 1. The highest BCUT2D eigenvalue weighted by molar-refractivity contribution is 5.80. The van der Waals surface area contributed by atoms with Crippen LogP contribution in [-0.2, 0) is 6.42 Å². The van der Waals surface area contributed by atoms with Crippen molar-refractivity contribution in [3.8, 4) is 16.9 Å². The second-order valence-electron chi connectivity index (χ2n) is 6.31. The predicted molar refractivity (Wildman–Crippen MR) is 80.8 cm³/mol. The zero-order valence-electron chi connectivity index (χ0n) is 12.8. The first-order valence-electron chi connectivity index (χ1n) is 6.71. The van der Waals surface area contributed by atoms with Gasteiger partial charge in [-0.3, -0.25) is 0 Å². The van der Waals surface area contributed by atoms with Crippen molar-refractivity contribution in [1.82, 2.24) is 5.16 Å². The zero-order chi connectivity index (χ0) is 14.9. The fourth-order valence-electron chi connectivity index (χ4n) is 2.27. The molecule has 0 bridgehead atoms. The SMILES string of the molecule is COc1ccc(C)cc1-c1c(CC(C)(C)C)noc1N. The molecule has 0 aliphatic rings. The smallest absolute Gasteiger partial charge is 0.230 e. The lowest BCUT2D eigenvalue weighted by atomic mass is 9.88. The van der Waals surface area contributed by atoms with Crippen LogP contribution in [0.2, 0.25) is 0 Å². The van der Waals surface area contributed by atoms with Crippen molar-refractivity contribution in [2.24, 2.45) is 5.41 Å². The molecule has 1 heterocycles. The van der Waals surface area contributed by atoms with E-state index in [1.807, 2.05) is 25.1 Å². The molecule has 0 spiro atoms. The van der Waals surface area contributed by atoms with Gasteiger partial charge in [-0.05, 0) is 30.9 Å². The molecule has 2 N–H and O–H groups in total. The molecule has 1 aromatic heterocycles. The van der Waals surface area contributed by atoms with Crippen molar-refractivity contribution < 1.29 is 9.26 Å². The summed E-state index contributed by atoms with van der Waals surface area (Å²) in [6.07, 6.45) is 0.792. The van der Waals surface area contributed by atoms with Crippen molar-refractivity contribution in [3.05, 3.63) is 29.5 Å². The van der Waals surface area contributed by atoms with E-state index >= 15 is 0 Å². The summed E-state index contributed by atoms with van der Waals surface area (Å²) in [5, 5.41) is 4.13. The number of hydrogen-bond donors (Lipinski definition) is 1. The molecule has 2 aromatic rings. The van der Waals surface area contributed by atoms with E-state index in [0.29, 0.717) is 5.88 Å². The van der Waals surface area contributed by atoms with E-state index in [2.05, 4.69) is 25.9 Å². The number of hydrogen-bond acceptors (Lipinski definition) is 4. The molecule has 4 nitrogen and oxygen atoms in total. The number of anilines is 1. The molecule has 0 aliphatic carbocycles. The summed E-state index contributed by atoms with van der Waals surface area (Å²) in [5.41, 5.74) is 9.89. The minimum Gasteiger partial charge on any atom is -0.496 e. The third kappa shape index (κ3) is 2.95. The first kappa shape index (κ1) is 14.4. The van der Waals surface area contributed by atoms with E-state index in [1.54, 1.807) is 7.11 Å². The van der Waals surface area contributed by atoms with Crippen molar-refractivity contribution >= 4 is 5.88 Å². The Morgan fingerprint density at radius 3 is 2.60 bits per heavy atom. The molecular weight excluding hydrogens is 252 g/mol. The minimum absolute atomic E-state index is 0.106. The van der Waals surface area contributed by atoms with Crippen LogP contribution in [0.4, 0.5) is 5.88 Å². The standard InChI is InChI=1S/C16H22N2O2/c1-10-6-7-13(19-5)11(8-10)14-12(9-16(2,3)4)18-20-15(14)17/h6-8H,9,17H2,1-5H3. The first-order valence-corrected chi connectivity index (χ1v) is 6.71. The lowest BCUT2D eigenvalue weighted by molar-refractivity contribution is 0.377. The molecule has 0 amide bonds. The number of nitrogens with zero attached hydrogens (tertiary/aromatic N) is 1. The number of aryl methyl sites for hydroxylation is 1. The summed E-state index contributed by atoms with van der Waals surface area (Å²) >= 11 is 0. The highest BCUT2D eigenvalue weighted by Gasteiger charge is 2.23. The van der Waals surface area contributed by atoms with E-state index in [1.165, 1.54) is 0 Å². The highest BCUT2D eigenvalue weighted by Crippen LogP contribution is 2.39. The van der Waals surface area contributed by atoms with Crippen LogP contribution < -0.4 is 10.5 Å². The minimum atomic E-state index is 0.106. The summed E-state index contributed by atoms with van der Waals surface area (Å²) in [4.78, 5) is 0. The Morgan fingerprint density at radius 1 is 1.30 bits per heavy atom. The molecule has 0 unspecified atom stereocenters. The summed E-state index contributed by atoms with van der Waals surface area (Å²) in [6.45, 7) is 8.52. The van der Waals surface area contributed by atoms with Gasteiger partial charge in [0.25, 0.3) is 0 Å². The molecule has 2 rings (SSSR count). The summed E-state index contributed by atoms with van der Waals surface area (Å²) in [6, 6.07) is 6.00. The topological polar surface area (TPSA) is 61.3 Å². The molecule has 0 aliphatic heterocycles. The normalized spacial score (nSPS) is 11.7. The van der Waals surface area contributed by atoms with Crippen LogP contribution in [0.1, 0.15) is 32.0 Å². The molecule has 0 atom stereocenters. The van der Waals surface area contributed by atoms with Gasteiger partial charge < -0.3 is 15.0 Å². The van der Waals surface area contributed by atoms with Crippen LogP contribution >= 0.6 is 0 Å². The first-order chi connectivity index (χ1) is 9.31. The summed E-state index contributed by atoms with van der Waals surface area (Å²) < 4.78 is 10.6. The number of methoxy groups -OCH3 is 1. The highest BCUT2D eigenvalue weighted by atomic mass is 16.5. The zero-order valence-corrected chi connectivity index (χ0v) is 12.8. The third-order valence-corrected chi connectivity index (χ3v) is 3.11. The van der Waals surface area contributed by atoms with Gasteiger partial charge in [0.1, 0.15) is 5.75 Å². The van der Waals surface area contributed by atoms with Crippen LogP contribution in [0.5, 0.6) is 5.75 Å². The predicted octanol–water partition coefficient (Wildman–Crippen LogP) is 3.83. The summed E-state index contributed by atoms with van der Waals surface area (Å²) in [5.74, 6) is 1.12. The van der Waals surface area contributed by atoms with Gasteiger partial charge in [0, 0.05) is 5.56 Å². The molecule has 0 saturated carbocycles. The van der Waals surface area contributed by atoms with Gasteiger partial charge in [0.05, 0.1) is 18.4 Å². The van der Waals surface area contributed by atoms with E-state index in [9.17, 15) is 0 Å². The lowest BCUT2D eigenvalue weighted by Crippen LogP contribution is -2.10. The second-order valence-corrected chi connectivity index (χ2v) is 6.31. The Hall–Kier alpha value is -1.97. The van der Waals surface area contributed by atoms with Crippen LogP contribution in [-0.4, -0.2) is 12.3 Å². The maximum absolute atomic E-state index is 5.98. The van der Waals surface area contributed by atoms with Gasteiger partial charge in [-0.2, -0.15) is 0 Å². The Bertz CT molecular complexity index is 609. The molecule has 0 saturated heterocycles. The van der Waals surface area contributed by atoms with Crippen molar-refractivity contribution in [2.75, 3.05) is 12.8 Å². The Kier molecular flexibility index (Phi) is 3.75. The second kappa shape index (κ2) is 5.19. The number of benzene rings is 1. The van der Waals surface area contributed by atoms with E-state index in [0.717, 1.165) is 34.6 Å². The maximum atomic E-state index is 5.98. The van der Waals surface area contributed by atoms with E-state index in [-0.39, 0.29) is 5.41 Å². The van der Waals surface area contributed by atoms with Crippen LogP contribution in [0.3, 0.4) is 0 Å². The monoisotopic (exact) mass is 274 g/mol. The third-order valence-electron chi connectivity index (χ3n) is 3.11. The summed E-state index contributed by atoms with van der Waals surface area (Å²) in [7, 11) is 1.65. The lowest BCUT2D eigenvalue weighted by Gasteiger charge is -2.17. The van der Waals surface area contributed by atoms with Gasteiger partial charge >= 0.3 is 0 Å². The number of rotatable bonds is 3. The van der Waals surface area contributed by atoms with Crippen molar-refractivity contribution in [2.45, 2.75) is 34.1 Å². The molecular formula is C16H22N2O2. The molecule has 0 fully saturated rings. The average Bonchev–Trinajstić information content (AvgIpc) is 2.68. The number of ether oxygens (including phenoxy) is 1. The van der Waals surface area contributed by atoms with Gasteiger partial charge in [0.2, 0.25) is 5.88 Å². The fraction of sp³-hybridized carbons (Fsp3) is 0.438. The van der Waals surface area contributed by atoms with Crippen molar-refractivity contribution in [3.63, 3.8) is 0 Å². The van der Waals surface area contributed by atoms with Crippen molar-refractivity contribution in [1.29, 1.82) is 0 Å². The van der Waals surface area contributed by atoms with Crippen LogP contribution in [0.15, 0.2) is 22.7 Å². The Morgan fingerprint density at radius 2 is 2.00 bits per heavy atom. The van der Waals surface area contributed by atoms with Crippen LogP contribution in [0.25, 0.3) is 11.1 Å². The molecule has 0 radical (unpaired) electrons. The Balaban J connectivity index is 2.58. The number of aromatic nitrogens is 1. The quantitative estimate of drug-likeness (QED) is 0.924. The maximum Gasteiger partial charge on any atom is 0.230 e. The van der Waals surface area contributed by atoms with Gasteiger partial charge in [-0.25, -0.2) is 0 Å². The van der Waals surface area contributed by atoms with E-state index in [4.69, 9.17) is 15.0 Å². The van der Waals surface area contributed by atoms with Gasteiger partial charge in [0.15, 0.2) is 0 Å². The largest absolute Gasteiger partial charge is 0.496 e.